The molecule has 98 valence electrons. The fraction of sp³-hybridized carbons (Fsp3) is 0.286. The second kappa shape index (κ2) is 4.76. The molecule has 1 aromatic carbocycles. The molecule has 2 aromatic rings. The summed E-state index contributed by atoms with van der Waals surface area (Å²) in [5, 5.41) is 2.90. The van der Waals surface area contributed by atoms with E-state index in [2.05, 4.69) is 27.4 Å². The van der Waals surface area contributed by atoms with Crippen molar-refractivity contribution in [2.75, 3.05) is 5.32 Å². The van der Waals surface area contributed by atoms with Crippen molar-refractivity contribution in [1.82, 2.24) is 9.97 Å². The number of benzene rings is 1. The van der Waals surface area contributed by atoms with E-state index in [-0.39, 0.29) is 17.5 Å². The molecule has 1 heterocycles. The Hall–Kier alpha value is -2.30. The predicted molar refractivity (Wildman–Crippen MR) is 74.0 cm³/mol. The maximum atomic E-state index is 12.1. The lowest BCUT2D eigenvalue weighted by atomic mass is 9.93. The minimum atomic E-state index is -0.240. The first-order valence-electron chi connectivity index (χ1n) is 6.40. The van der Waals surface area contributed by atoms with Crippen LogP contribution in [0.5, 0.6) is 0 Å². The number of imidazole rings is 1. The highest BCUT2D eigenvalue weighted by Crippen LogP contribution is 2.21. The van der Waals surface area contributed by atoms with Crippen molar-refractivity contribution >= 4 is 22.6 Å². The molecule has 0 bridgehead atoms. The number of hydrogen-bond acceptors (Lipinski definition) is 2. The van der Waals surface area contributed by atoms with Crippen molar-refractivity contribution in [1.29, 1.82) is 0 Å². The van der Waals surface area contributed by atoms with Gasteiger partial charge in [0.15, 0.2) is 0 Å². The average Bonchev–Trinajstić information content (AvgIpc) is 2.79. The van der Waals surface area contributed by atoms with Crippen molar-refractivity contribution in [2.45, 2.75) is 19.3 Å². The number of rotatable bonds is 2. The minimum absolute atomic E-state index is 0.0431. The second-order valence-electron chi connectivity index (χ2n) is 4.81. The molecule has 1 amide bonds. The van der Waals surface area contributed by atoms with E-state index in [9.17, 15) is 9.59 Å². The summed E-state index contributed by atoms with van der Waals surface area (Å²) >= 11 is 0. The van der Waals surface area contributed by atoms with Gasteiger partial charge >= 0.3 is 5.69 Å². The van der Waals surface area contributed by atoms with Crippen LogP contribution in [0.25, 0.3) is 11.0 Å². The van der Waals surface area contributed by atoms with Gasteiger partial charge in [-0.1, -0.05) is 12.2 Å². The second-order valence-corrected chi connectivity index (χ2v) is 4.81. The zero-order valence-corrected chi connectivity index (χ0v) is 10.4. The molecule has 1 atom stereocenters. The summed E-state index contributed by atoms with van der Waals surface area (Å²) in [5.74, 6) is 0.0903. The van der Waals surface area contributed by atoms with Crippen LogP contribution in [0.1, 0.15) is 19.3 Å². The van der Waals surface area contributed by atoms with Gasteiger partial charge in [0.1, 0.15) is 0 Å². The number of H-pyrrole nitrogens is 2. The Labute approximate surface area is 109 Å². The van der Waals surface area contributed by atoms with Crippen molar-refractivity contribution < 1.29 is 4.79 Å². The van der Waals surface area contributed by atoms with Gasteiger partial charge in [0.25, 0.3) is 0 Å². The monoisotopic (exact) mass is 257 g/mol. The number of carbonyl (C=O) groups excluding carboxylic acids is 1. The van der Waals surface area contributed by atoms with E-state index in [0.29, 0.717) is 11.2 Å². The number of aromatic nitrogens is 2. The molecule has 5 heteroatoms. The lowest BCUT2D eigenvalue weighted by Crippen LogP contribution is -2.23. The number of amides is 1. The van der Waals surface area contributed by atoms with Gasteiger partial charge in [-0.2, -0.15) is 0 Å². The molecule has 1 aliphatic carbocycles. The van der Waals surface area contributed by atoms with Crippen LogP contribution < -0.4 is 11.0 Å². The summed E-state index contributed by atoms with van der Waals surface area (Å²) in [5.41, 5.74) is 1.91. The fourth-order valence-corrected chi connectivity index (χ4v) is 2.39. The van der Waals surface area contributed by atoms with Crippen molar-refractivity contribution in [3.63, 3.8) is 0 Å². The number of carbonyl (C=O) groups is 1. The summed E-state index contributed by atoms with van der Waals surface area (Å²) in [6.45, 7) is 0. The van der Waals surface area contributed by atoms with Crippen LogP contribution in [0.15, 0.2) is 35.1 Å². The van der Waals surface area contributed by atoms with E-state index in [1.165, 1.54) is 0 Å². The van der Waals surface area contributed by atoms with E-state index < -0.39 is 0 Å². The molecular weight excluding hydrogens is 242 g/mol. The van der Waals surface area contributed by atoms with Crippen LogP contribution in [-0.2, 0) is 4.79 Å². The van der Waals surface area contributed by atoms with Crippen LogP contribution in [0.2, 0.25) is 0 Å². The Morgan fingerprint density at radius 3 is 2.84 bits per heavy atom. The van der Waals surface area contributed by atoms with Gasteiger partial charge in [-0.05, 0) is 37.5 Å². The predicted octanol–water partition coefficient (Wildman–Crippen LogP) is 2.15. The molecule has 19 heavy (non-hydrogen) atoms. The lowest BCUT2D eigenvalue weighted by Gasteiger charge is -2.17. The van der Waals surface area contributed by atoms with Crippen LogP contribution in [0, 0.1) is 5.92 Å². The number of allylic oxidation sites excluding steroid dienone is 2. The Balaban J connectivity index is 1.78. The molecule has 3 rings (SSSR count). The van der Waals surface area contributed by atoms with E-state index >= 15 is 0 Å². The summed E-state index contributed by atoms with van der Waals surface area (Å²) in [4.78, 5) is 28.6. The SMILES string of the molecule is O=C(Nc1ccc2[nH]c(=O)[nH]c2c1)C1CC=CCC1. The number of aromatic amines is 2. The Morgan fingerprint density at radius 1 is 1.21 bits per heavy atom. The third-order valence-corrected chi connectivity index (χ3v) is 3.42. The Kier molecular flexibility index (Phi) is 2.95. The van der Waals surface area contributed by atoms with Gasteiger partial charge in [0.2, 0.25) is 5.91 Å². The molecule has 0 spiro atoms. The molecule has 1 aromatic heterocycles. The van der Waals surface area contributed by atoms with Crippen LogP contribution >= 0.6 is 0 Å². The van der Waals surface area contributed by atoms with E-state index in [1.807, 2.05) is 0 Å². The highest BCUT2D eigenvalue weighted by molar-refractivity contribution is 5.94. The molecule has 1 unspecified atom stereocenters. The standard InChI is InChI=1S/C14H15N3O2/c18-13(9-4-2-1-3-5-9)15-10-6-7-11-12(8-10)17-14(19)16-11/h1-2,6-9H,3-5H2,(H,15,18)(H2,16,17,19). The fourth-order valence-electron chi connectivity index (χ4n) is 2.39. The number of fused-ring (bicyclic) bond motifs is 1. The van der Waals surface area contributed by atoms with Crippen molar-refractivity contribution in [3.8, 4) is 0 Å². The molecular formula is C14H15N3O2. The number of hydrogen-bond donors (Lipinski definition) is 3. The summed E-state index contributed by atoms with van der Waals surface area (Å²) in [6.07, 6.45) is 6.82. The highest BCUT2D eigenvalue weighted by atomic mass is 16.2. The third kappa shape index (κ3) is 2.45. The van der Waals surface area contributed by atoms with Gasteiger partial charge < -0.3 is 15.3 Å². The topological polar surface area (TPSA) is 77.8 Å². The summed E-state index contributed by atoms with van der Waals surface area (Å²) < 4.78 is 0. The smallest absolute Gasteiger partial charge is 0.323 e. The third-order valence-electron chi connectivity index (χ3n) is 3.42. The minimum Gasteiger partial charge on any atom is -0.326 e. The maximum absolute atomic E-state index is 12.1. The Morgan fingerprint density at radius 2 is 2.05 bits per heavy atom. The zero-order chi connectivity index (χ0) is 13.2. The van der Waals surface area contributed by atoms with Gasteiger partial charge in [0, 0.05) is 11.6 Å². The van der Waals surface area contributed by atoms with Crippen molar-refractivity contribution in [3.05, 3.63) is 40.8 Å². The molecule has 0 saturated heterocycles. The van der Waals surface area contributed by atoms with Crippen LogP contribution in [0.4, 0.5) is 5.69 Å². The Bertz CT molecular complexity index is 696. The normalized spacial score (nSPS) is 18.6. The van der Waals surface area contributed by atoms with Gasteiger partial charge in [-0.15, -0.1) is 0 Å². The average molecular weight is 257 g/mol. The van der Waals surface area contributed by atoms with Gasteiger partial charge in [0.05, 0.1) is 11.0 Å². The number of nitrogens with one attached hydrogen (secondary N) is 3. The molecule has 0 aliphatic heterocycles. The molecule has 0 radical (unpaired) electrons. The first-order chi connectivity index (χ1) is 9.22. The van der Waals surface area contributed by atoms with Gasteiger partial charge in [-0.3, -0.25) is 4.79 Å². The zero-order valence-electron chi connectivity index (χ0n) is 10.4. The molecule has 5 nitrogen and oxygen atoms in total. The first kappa shape index (κ1) is 11.8. The quantitative estimate of drug-likeness (QED) is 0.721. The highest BCUT2D eigenvalue weighted by Gasteiger charge is 2.18. The lowest BCUT2D eigenvalue weighted by molar-refractivity contribution is -0.120. The molecule has 3 N–H and O–H groups in total. The summed E-state index contributed by atoms with van der Waals surface area (Å²) in [6, 6.07) is 5.34. The number of anilines is 1. The van der Waals surface area contributed by atoms with Gasteiger partial charge in [-0.25, -0.2) is 4.79 Å². The molecule has 0 fully saturated rings. The largest absolute Gasteiger partial charge is 0.326 e. The maximum Gasteiger partial charge on any atom is 0.323 e. The van der Waals surface area contributed by atoms with Crippen molar-refractivity contribution in [2.24, 2.45) is 5.92 Å². The van der Waals surface area contributed by atoms with Crippen LogP contribution in [0.3, 0.4) is 0 Å². The molecule has 1 aliphatic rings. The van der Waals surface area contributed by atoms with E-state index in [1.54, 1.807) is 18.2 Å². The van der Waals surface area contributed by atoms with E-state index in [4.69, 9.17) is 0 Å². The van der Waals surface area contributed by atoms with E-state index in [0.717, 1.165) is 24.8 Å². The first-order valence-corrected chi connectivity index (χ1v) is 6.40. The summed E-state index contributed by atoms with van der Waals surface area (Å²) in [7, 11) is 0. The molecule has 0 saturated carbocycles. The van der Waals surface area contributed by atoms with Crippen LogP contribution in [-0.4, -0.2) is 15.9 Å².